The first kappa shape index (κ1) is 19.9. The van der Waals surface area contributed by atoms with Gasteiger partial charge in [0.2, 0.25) is 11.8 Å². The second-order valence-electron chi connectivity index (χ2n) is 7.23. The minimum absolute atomic E-state index is 0.649. The average molecular weight is 452 g/mol. The van der Waals surface area contributed by atoms with Crippen molar-refractivity contribution in [2.75, 3.05) is 6.54 Å². The summed E-state index contributed by atoms with van der Waals surface area (Å²) >= 11 is 3.24. The van der Waals surface area contributed by atoms with E-state index < -0.39 is 0 Å². The highest BCUT2D eigenvalue weighted by Crippen LogP contribution is 2.26. The molecule has 9 heteroatoms. The topological polar surface area (TPSA) is 73.1 Å². The van der Waals surface area contributed by atoms with Gasteiger partial charge in [0.05, 0.1) is 33.9 Å². The van der Waals surface area contributed by atoms with Gasteiger partial charge in [-0.05, 0) is 35.4 Å². The SMILES string of the molecule is Cc1cnn(CCN(Cc2coc(-c3cccs3)n2)Cc2coc(-c3cccs3)n2)c1. The number of nitrogens with zero attached hydrogens (tertiary/aromatic N) is 5. The van der Waals surface area contributed by atoms with Gasteiger partial charge in [-0.15, -0.1) is 22.7 Å². The van der Waals surface area contributed by atoms with Gasteiger partial charge >= 0.3 is 0 Å². The summed E-state index contributed by atoms with van der Waals surface area (Å²) in [6.07, 6.45) is 7.40. The van der Waals surface area contributed by atoms with Crippen molar-refractivity contribution in [2.45, 2.75) is 26.6 Å². The summed E-state index contributed by atoms with van der Waals surface area (Å²) in [4.78, 5) is 13.7. The minimum atomic E-state index is 0.649. The van der Waals surface area contributed by atoms with Crippen LogP contribution in [0.25, 0.3) is 21.5 Å². The van der Waals surface area contributed by atoms with Crippen LogP contribution in [0.1, 0.15) is 17.0 Å². The molecule has 0 spiro atoms. The third-order valence-electron chi connectivity index (χ3n) is 4.75. The molecule has 0 bridgehead atoms. The molecule has 0 aliphatic carbocycles. The predicted octanol–water partition coefficient (Wildman–Crippen LogP) is 5.33. The van der Waals surface area contributed by atoms with Crippen LogP contribution in [0.4, 0.5) is 0 Å². The molecule has 5 rings (SSSR count). The number of thiophene rings is 2. The van der Waals surface area contributed by atoms with Crippen molar-refractivity contribution in [3.8, 4) is 21.5 Å². The van der Waals surface area contributed by atoms with Gasteiger partial charge in [0.25, 0.3) is 0 Å². The molecule has 5 aromatic rings. The lowest BCUT2D eigenvalue weighted by atomic mass is 10.3. The molecule has 0 radical (unpaired) electrons. The van der Waals surface area contributed by atoms with Crippen LogP contribution in [0.15, 0.2) is 68.8 Å². The van der Waals surface area contributed by atoms with Gasteiger partial charge in [-0.2, -0.15) is 5.10 Å². The quantitative estimate of drug-likeness (QED) is 0.302. The van der Waals surface area contributed by atoms with Gasteiger partial charge < -0.3 is 8.83 Å². The first-order chi connectivity index (χ1) is 15.2. The van der Waals surface area contributed by atoms with Gasteiger partial charge in [0.1, 0.15) is 12.5 Å². The highest BCUT2D eigenvalue weighted by Gasteiger charge is 2.15. The van der Waals surface area contributed by atoms with Crippen LogP contribution in [-0.2, 0) is 19.6 Å². The summed E-state index contributed by atoms with van der Waals surface area (Å²) < 4.78 is 13.4. The van der Waals surface area contributed by atoms with E-state index in [0.717, 1.165) is 39.8 Å². The van der Waals surface area contributed by atoms with E-state index in [4.69, 9.17) is 8.83 Å². The van der Waals surface area contributed by atoms with Crippen molar-refractivity contribution in [1.82, 2.24) is 24.6 Å². The number of rotatable bonds is 9. The summed E-state index contributed by atoms with van der Waals surface area (Å²) in [5.74, 6) is 1.32. The maximum absolute atomic E-state index is 5.70. The van der Waals surface area contributed by atoms with E-state index in [1.165, 1.54) is 0 Å². The molecule has 0 amide bonds. The Morgan fingerprint density at radius 3 is 2.03 bits per heavy atom. The molecule has 0 unspecified atom stereocenters. The molecule has 5 aromatic heterocycles. The molecule has 0 aliphatic heterocycles. The third-order valence-corrected chi connectivity index (χ3v) is 6.46. The number of oxazole rings is 2. The molecule has 7 nitrogen and oxygen atoms in total. The number of hydrogen-bond acceptors (Lipinski definition) is 8. The van der Waals surface area contributed by atoms with Crippen molar-refractivity contribution < 1.29 is 8.83 Å². The van der Waals surface area contributed by atoms with Crippen molar-refractivity contribution in [3.05, 3.63) is 76.9 Å². The van der Waals surface area contributed by atoms with E-state index in [-0.39, 0.29) is 0 Å². The minimum Gasteiger partial charge on any atom is -0.444 e. The van der Waals surface area contributed by atoms with E-state index in [0.29, 0.717) is 24.9 Å². The molecule has 0 saturated heterocycles. The van der Waals surface area contributed by atoms with Crippen LogP contribution < -0.4 is 0 Å². The average Bonchev–Trinajstić information content (AvgIpc) is 3.58. The van der Waals surface area contributed by atoms with E-state index in [1.807, 2.05) is 59.0 Å². The Hall–Kier alpha value is -3.01. The summed E-state index contributed by atoms with van der Waals surface area (Å²) in [5.41, 5.74) is 2.93. The first-order valence-electron chi connectivity index (χ1n) is 9.91. The van der Waals surface area contributed by atoms with Crippen molar-refractivity contribution in [3.63, 3.8) is 0 Å². The van der Waals surface area contributed by atoms with Gasteiger partial charge in [0, 0.05) is 25.8 Å². The van der Waals surface area contributed by atoms with Crippen LogP contribution in [-0.4, -0.2) is 31.2 Å². The van der Waals surface area contributed by atoms with Crippen molar-refractivity contribution in [1.29, 1.82) is 0 Å². The highest BCUT2D eigenvalue weighted by molar-refractivity contribution is 7.13. The molecule has 0 aromatic carbocycles. The van der Waals surface area contributed by atoms with Crippen LogP contribution in [0.2, 0.25) is 0 Å². The smallest absolute Gasteiger partial charge is 0.236 e. The molecule has 0 saturated carbocycles. The Morgan fingerprint density at radius 2 is 1.55 bits per heavy atom. The highest BCUT2D eigenvalue weighted by atomic mass is 32.1. The fraction of sp³-hybridized carbons (Fsp3) is 0.227. The zero-order valence-electron chi connectivity index (χ0n) is 17.0. The Bertz CT molecular complexity index is 1150. The Labute approximate surface area is 187 Å². The normalized spacial score (nSPS) is 11.5. The molecule has 0 N–H and O–H groups in total. The standard InChI is InChI=1S/C22H21N5O2S2/c1-16-10-23-27(11-16)7-6-26(12-17-14-28-21(24-17)19-4-2-8-30-19)13-18-15-29-22(25-18)20-5-3-9-31-20/h2-5,8-11,14-15H,6-7,12-13H2,1H3. The molecule has 0 fully saturated rings. The molecule has 31 heavy (non-hydrogen) atoms. The molecule has 0 atom stereocenters. The first-order valence-corrected chi connectivity index (χ1v) is 11.7. The Kier molecular flexibility index (Phi) is 5.79. The van der Waals surface area contributed by atoms with Gasteiger partial charge in [-0.3, -0.25) is 9.58 Å². The molecule has 5 heterocycles. The van der Waals surface area contributed by atoms with Gasteiger partial charge in [-0.1, -0.05) is 12.1 Å². The van der Waals surface area contributed by atoms with E-state index in [2.05, 4.69) is 20.0 Å². The van der Waals surface area contributed by atoms with Gasteiger partial charge in [-0.25, -0.2) is 9.97 Å². The zero-order chi connectivity index (χ0) is 21.0. The maximum Gasteiger partial charge on any atom is 0.236 e. The number of aromatic nitrogens is 4. The lowest BCUT2D eigenvalue weighted by molar-refractivity contribution is 0.236. The van der Waals surface area contributed by atoms with Crippen molar-refractivity contribution >= 4 is 22.7 Å². The fourth-order valence-corrected chi connectivity index (χ4v) is 4.60. The fourth-order valence-electron chi connectivity index (χ4n) is 3.29. The zero-order valence-corrected chi connectivity index (χ0v) is 18.6. The van der Waals surface area contributed by atoms with Crippen LogP contribution >= 0.6 is 22.7 Å². The summed E-state index contributed by atoms with van der Waals surface area (Å²) in [7, 11) is 0. The van der Waals surface area contributed by atoms with Crippen molar-refractivity contribution in [2.24, 2.45) is 0 Å². The predicted molar refractivity (Wildman–Crippen MR) is 121 cm³/mol. The number of aryl methyl sites for hydroxylation is 1. The number of hydrogen-bond donors (Lipinski definition) is 0. The monoisotopic (exact) mass is 451 g/mol. The second kappa shape index (κ2) is 9.01. The molecule has 158 valence electrons. The molecular formula is C22H21N5O2S2. The van der Waals surface area contributed by atoms with Crippen LogP contribution in [0.3, 0.4) is 0 Å². The summed E-state index contributed by atoms with van der Waals surface area (Å²) in [5, 5.41) is 8.44. The van der Waals surface area contributed by atoms with Crippen LogP contribution in [0.5, 0.6) is 0 Å². The maximum atomic E-state index is 5.70. The largest absolute Gasteiger partial charge is 0.444 e. The molecular weight excluding hydrogens is 430 g/mol. The lowest BCUT2D eigenvalue weighted by Gasteiger charge is -2.19. The second-order valence-corrected chi connectivity index (χ2v) is 9.13. The van der Waals surface area contributed by atoms with Gasteiger partial charge in [0.15, 0.2) is 0 Å². The summed E-state index contributed by atoms with van der Waals surface area (Å²) in [6.45, 7) is 4.92. The summed E-state index contributed by atoms with van der Waals surface area (Å²) in [6, 6.07) is 8.02. The molecule has 0 aliphatic rings. The Morgan fingerprint density at radius 1 is 0.935 bits per heavy atom. The van der Waals surface area contributed by atoms with E-state index in [9.17, 15) is 0 Å². The van der Waals surface area contributed by atoms with Crippen LogP contribution in [0, 0.1) is 6.92 Å². The van der Waals surface area contributed by atoms with E-state index in [1.54, 1.807) is 35.2 Å². The third kappa shape index (κ3) is 4.84. The van der Waals surface area contributed by atoms with E-state index >= 15 is 0 Å². The lowest BCUT2D eigenvalue weighted by Crippen LogP contribution is -2.27. The Balaban J connectivity index is 1.31.